The molecular formula is C17H26N2O. The molecular weight excluding hydrogens is 248 g/mol. The van der Waals surface area contributed by atoms with E-state index in [1.165, 1.54) is 37.9 Å². The van der Waals surface area contributed by atoms with E-state index in [1.807, 2.05) is 6.07 Å². The van der Waals surface area contributed by atoms with Crippen LogP contribution in [0.25, 0.3) is 0 Å². The Morgan fingerprint density at radius 1 is 1.25 bits per heavy atom. The van der Waals surface area contributed by atoms with Crippen molar-refractivity contribution < 1.29 is 4.74 Å². The molecule has 3 heteroatoms. The standard InChI is InChI=1S/C17H26N2O/c1-13(2)20-17-6-4-3-5-14(17)11-18-15-9-10-19(12-15)16-7-8-16/h3-6,13,15-16,18H,7-12H2,1-2H3. The van der Waals surface area contributed by atoms with E-state index in [0.717, 1.165) is 18.3 Å². The Morgan fingerprint density at radius 3 is 2.80 bits per heavy atom. The molecule has 0 radical (unpaired) electrons. The van der Waals surface area contributed by atoms with Crippen molar-refractivity contribution in [3.63, 3.8) is 0 Å². The lowest BCUT2D eigenvalue weighted by molar-refractivity contribution is 0.239. The van der Waals surface area contributed by atoms with Gasteiger partial charge >= 0.3 is 0 Å². The van der Waals surface area contributed by atoms with Crippen LogP contribution in [0.3, 0.4) is 0 Å². The summed E-state index contributed by atoms with van der Waals surface area (Å²) in [5.41, 5.74) is 1.27. The molecule has 3 nitrogen and oxygen atoms in total. The maximum atomic E-state index is 5.88. The van der Waals surface area contributed by atoms with Gasteiger partial charge in [0.15, 0.2) is 0 Å². The monoisotopic (exact) mass is 274 g/mol. The van der Waals surface area contributed by atoms with E-state index in [9.17, 15) is 0 Å². The highest BCUT2D eigenvalue weighted by molar-refractivity contribution is 5.33. The van der Waals surface area contributed by atoms with Gasteiger partial charge in [0.1, 0.15) is 5.75 Å². The van der Waals surface area contributed by atoms with Crippen LogP contribution in [0.5, 0.6) is 5.75 Å². The van der Waals surface area contributed by atoms with Gasteiger partial charge in [0.05, 0.1) is 6.10 Å². The fourth-order valence-corrected chi connectivity index (χ4v) is 3.00. The van der Waals surface area contributed by atoms with Crippen LogP contribution in [0.4, 0.5) is 0 Å². The van der Waals surface area contributed by atoms with E-state index in [2.05, 4.69) is 42.3 Å². The molecule has 2 fully saturated rings. The van der Waals surface area contributed by atoms with Gasteiger partial charge in [-0.2, -0.15) is 0 Å². The molecule has 110 valence electrons. The smallest absolute Gasteiger partial charge is 0.124 e. The third-order valence-electron chi connectivity index (χ3n) is 4.20. The third-order valence-corrected chi connectivity index (χ3v) is 4.20. The first-order chi connectivity index (χ1) is 9.72. The summed E-state index contributed by atoms with van der Waals surface area (Å²) in [6.45, 7) is 7.56. The van der Waals surface area contributed by atoms with Gasteiger partial charge in [-0.25, -0.2) is 0 Å². The molecule has 0 amide bonds. The molecule has 0 aromatic heterocycles. The van der Waals surface area contributed by atoms with E-state index in [1.54, 1.807) is 0 Å². The zero-order valence-electron chi connectivity index (χ0n) is 12.6. The predicted molar refractivity (Wildman–Crippen MR) is 82.0 cm³/mol. The second-order valence-corrected chi connectivity index (χ2v) is 6.37. The number of rotatable bonds is 6. The largest absolute Gasteiger partial charge is 0.491 e. The van der Waals surface area contributed by atoms with Gasteiger partial charge in [0.2, 0.25) is 0 Å². The van der Waals surface area contributed by atoms with E-state index in [-0.39, 0.29) is 6.10 Å². The first kappa shape index (κ1) is 13.9. The number of para-hydroxylation sites is 1. The molecule has 1 aromatic rings. The summed E-state index contributed by atoms with van der Waals surface area (Å²) in [5.74, 6) is 1.02. The fraction of sp³-hybridized carbons (Fsp3) is 0.647. The second kappa shape index (κ2) is 6.15. The Morgan fingerprint density at radius 2 is 2.05 bits per heavy atom. The average molecular weight is 274 g/mol. The summed E-state index contributed by atoms with van der Waals surface area (Å²) in [4.78, 5) is 2.65. The molecule has 1 saturated heterocycles. The van der Waals surface area contributed by atoms with Crippen molar-refractivity contribution in [1.82, 2.24) is 10.2 Å². The van der Waals surface area contributed by atoms with Gasteiger partial charge in [-0.1, -0.05) is 18.2 Å². The number of benzene rings is 1. The molecule has 1 atom stereocenters. The van der Waals surface area contributed by atoms with Crippen molar-refractivity contribution in [2.45, 2.75) is 57.8 Å². The Labute approximate surface area is 122 Å². The molecule has 1 saturated carbocycles. The Balaban J connectivity index is 1.53. The van der Waals surface area contributed by atoms with E-state index >= 15 is 0 Å². The van der Waals surface area contributed by atoms with Gasteiger partial charge in [0.25, 0.3) is 0 Å². The number of nitrogens with zero attached hydrogens (tertiary/aromatic N) is 1. The Bertz CT molecular complexity index is 442. The fourth-order valence-electron chi connectivity index (χ4n) is 3.00. The van der Waals surface area contributed by atoms with Crippen LogP contribution >= 0.6 is 0 Å². The topological polar surface area (TPSA) is 24.5 Å². The van der Waals surface area contributed by atoms with Gasteiger partial charge in [-0.3, -0.25) is 4.90 Å². The first-order valence-electron chi connectivity index (χ1n) is 7.94. The average Bonchev–Trinajstić information content (AvgIpc) is 3.17. The number of hydrogen-bond acceptors (Lipinski definition) is 3. The lowest BCUT2D eigenvalue weighted by Crippen LogP contribution is -2.33. The number of likely N-dealkylation sites (tertiary alicyclic amines) is 1. The van der Waals surface area contributed by atoms with Crippen molar-refractivity contribution in [3.8, 4) is 5.75 Å². The molecule has 20 heavy (non-hydrogen) atoms. The Kier molecular flexibility index (Phi) is 4.27. The van der Waals surface area contributed by atoms with E-state index in [0.29, 0.717) is 6.04 Å². The SMILES string of the molecule is CC(C)Oc1ccccc1CNC1CCN(C2CC2)C1. The molecule has 1 aliphatic carbocycles. The molecule has 0 spiro atoms. The van der Waals surface area contributed by atoms with Crippen molar-refractivity contribution in [1.29, 1.82) is 0 Å². The molecule has 1 unspecified atom stereocenters. The molecule has 0 bridgehead atoms. The van der Waals surface area contributed by atoms with Gasteiger partial charge < -0.3 is 10.1 Å². The summed E-state index contributed by atoms with van der Waals surface area (Å²) < 4.78 is 5.88. The maximum Gasteiger partial charge on any atom is 0.124 e. The highest BCUT2D eigenvalue weighted by Crippen LogP contribution is 2.30. The van der Waals surface area contributed by atoms with Gasteiger partial charge in [-0.05, 0) is 39.2 Å². The molecule has 2 aliphatic rings. The highest BCUT2D eigenvalue weighted by atomic mass is 16.5. The van der Waals surface area contributed by atoms with Crippen molar-refractivity contribution >= 4 is 0 Å². The molecule has 3 rings (SSSR count). The van der Waals surface area contributed by atoms with Crippen LogP contribution in [-0.4, -0.2) is 36.2 Å². The number of ether oxygens (including phenoxy) is 1. The summed E-state index contributed by atoms with van der Waals surface area (Å²) in [6, 6.07) is 9.92. The normalized spacial score (nSPS) is 23.4. The highest BCUT2D eigenvalue weighted by Gasteiger charge is 2.34. The summed E-state index contributed by atoms with van der Waals surface area (Å²) >= 11 is 0. The van der Waals surface area contributed by atoms with Crippen LogP contribution in [0.15, 0.2) is 24.3 Å². The van der Waals surface area contributed by atoms with Crippen LogP contribution in [0, 0.1) is 0 Å². The second-order valence-electron chi connectivity index (χ2n) is 6.37. The van der Waals surface area contributed by atoms with Crippen LogP contribution in [0.2, 0.25) is 0 Å². The van der Waals surface area contributed by atoms with Crippen LogP contribution < -0.4 is 10.1 Å². The molecule has 1 heterocycles. The zero-order chi connectivity index (χ0) is 13.9. The summed E-state index contributed by atoms with van der Waals surface area (Å²) in [5, 5.41) is 3.70. The minimum absolute atomic E-state index is 0.230. The molecule has 1 N–H and O–H groups in total. The van der Waals surface area contributed by atoms with E-state index in [4.69, 9.17) is 4.74 Å². The number of hydrogen-bond donors (Lipinski definition) is 1. The minimum atomic E-state index is 0.230. The van der Waals surface area contributed by atoms with Crippen molar-refractivity contribution in [3.05, 3.63) is 29.8 Å². The van der Waals surface area contributed by atoms with Crippen molar-refractivity contribution in [2.75, 3.05) is 13.1 Å². The maximum absolute atomic E-state index is 5.88. The quantitative estimate of drug-likeness (QED) is 0.863. The Hall–Kier alpha value is -1.06. The first-order valence-corrected chi connectivity index (χ1v) is 7.94. The lowest BCUT2D eigenvalue weighted by Gasteiger charge is -2.18. The lowest BCUT2D eigenvalue weighted by atomic mass is 10.1. The number of nitrogens with one attached hydrogen (secondary N) is 1. The third kappa shape index (κ3) is 3.53. The summed E-state index contributed by atoms with van der Waals surface area (Å²) in [7, 11) is 0. The predicted octanol–water partition coefficient (Wildman–Crippen LogP) is 2.80. The minimum Gasteiger partial charge on any atom is -0.491 e. The van der Waals surface area contributed by atoms with Gasteiger partial charge in [0, 0.05) is 37.3 Å². The van der Waals surface area contributed by atoms with Crippen LogP contribution in [-0.2, 0) is 6.54 Å². The zero-order valence-corrected chi connectivity index (χ0v) is 12.6. The van der Waals surface area contributed by atoms with E-state index < -0.39 is 0 Å². The van der Waals surface area contributed by atoms with Crippen molar-refractivity contribution in [2.24, 2.45) is 0 Å². The molecule has 1 aromatic carbocycles. The van der Waals surface area contributed by atoms with Gasteiger partial charge in [-0.15, -0.1) is 0 Å². The summed E-state index contributed by atoms with van der Waals surface area (Å²) in [6.07, 6.45) is 4.34. The molecule has 1 aliphatic heterocycles. The van der Waals surface area contributed by atoms with Crippen LogP contribution in [0.1, 0.15) is 38.7 Å².